The Morgan fingerprint density at radius 2 is 1.94 bits per heavy atom. The van der Waals surface area contributed by atoms with Crippen molar-refractivity contribution >= 4 is 0 Å². The molecule has 0 spiro atoms. The summed E-state index contributed by atoms with van der Waals surface area (Å²) in [5, 5.41) is 0. The highest BCUT2D eigenvalue weighted by atomic mass is 16.5. The Balaban J connectivity index is 3.28. The molecule has 2 nitrogen and oxygen atoms in total. The molecule has 0 heterocycles. The lowest BCUT2D eigenvalue weighted by molar-refractivity contribution is 0.397. The van der Waals surface area contributed by atoms with Crippen molar-refractivity contribution in [1.29, 1.82) is 0 Å². The summed E-state index contributed by atoms with van der Waals surface area (Å²) in [6, 6.07) is 5.92. The molecule has 0 aliphatic rings. The largest absolute Gasteiger partial charge is 0.496 e. The molecule has 0 amide bonds. The minimum absolute atomic E-state index is 0.0309. The Bertz CT molecular complexity index is 410. The highest BCUT2D eigenvalue weighted by molar-refractivity contribution is 5.42. The van der Waals surface area contributed by atoms with Gasteiger partial charge in [0.25, 0.3) is 0 Å². The average Bonchev–Trinajstić information content (AvgIpc) is 2.26. The summed E-state index contributed by atoms with van der Waals surface area (Å²) in [6.07, 6.45) is 0. The lowest BCUT2D eigenvalue weighted by Crippen LogP contribution is -2.13. The molecule has 1 aromatic carbocycles. The monoisotopic (exact) mass is 217 g/mol. The van der Waals surface area contributed by atoms with Crippen LogP contribution in [0.4, 0.5) is 0 Å². The normalized spacial score (nSPS) is 13.0. The predicted octanol–water partition coefficient (Wildman–Crippen LogP) is 3.97. The van der Waals surface area contributed by atoms with Crippen LogP contribution < -0.4 is 4.74 Å². The third kappa shape index (κ3) is 2.55. The van der Waals surface area contributed by atoms with Crippen LogP contribution in [0.5, 0.6) is 5.75 Å². The van der Waals surface area contributed by atoms with Gasteiger partial charge in [0.15, 0.2) is 0 Å². The van der Waals surface area contributed by atoms with Crippen LogP contribution >= 0.6 is 0 Å². The number of methoxy groups -OCH3 is 1. The van der Waals surface area contributed by atoms with Crippen molar-refractivity contribution in [2.24, 2.45) is 0 Å². The van der Waals surface area contributed by atoms with E-state index in [1.165, 1.54) is 0 Å². The second-order valence-electron chi connectivity index (χ2n) is 5.01. The first-order valence-electron chi connectivity index (χ1n) is 5.45. The summed E-state index contributed by atoms with van der Waals surface area (Å²) in [4.78, 5) is 3.55. The van der Waals surface area contributed by atoms with E-state index in [1.807, 2.05) is 19.1 Å². The Labute approximate surface area is 98.1 Å². The van der Waals surface area contributed by atoms with Crippen molar-refractivity contribution < 1.29 is 4.74 Å². The van der Waals surface area contributed by atoms with E-state index in [2.05, 4.69) is 31.7 Å². The zero-order valence-corrected chi connectivity index (χ0v) is 10.7. The average molecular weight is 217 g/mol. The smallest absolute Gasteiger partial charge is 0.245 e. The maximum Gasteiger partial charge on any atom is 0.245 e. The van der Waals surface area contributed by atoms with Crippen molar-refractivity contribution in [2.75, 3.05) is 7.11 Å². The maximum atomic E-state index is 7.06. The molecule has 0 N–H and O–H groups in total. The number of nitrogens with zero attached hydrogens (tertiary/aromatic N) is 1. The molecule has 86 valence electrons. The topological polar surface area (TPSA) is 13.6 Å². The summed E-state index contributed by atoms with van der Waals surface area (Å²) in [5.74, 6) is 0.897. The van der Waals surface area contributed by atoms with Gasteiger partial charge >= 0.3 is 0 Å². The lowest BCUT2D eigenvalue weighted by atomic mass is 9.85. The van der Waals surface area contributed by atoms with Gasteiger partial charge in [-0.3, -0.25) is 0 Å². The van der Waals surface area contributed by atoms with Crippen LogP contribution in [0.3, 0.4) is 0 Å². The van der Waals surface area contributed by atoms with E-state index in [9.17, 15) is 0 Å². The highest BCUT2D eigenvalue weighted by Crippen LogP contribution is 2.33. The number of hydrogen-bond acceptors (Lipinski definition) is 1. The Kier molecular flexibility index (Phi) is 3.59. The second kappa shape index (κ2) is 4.57. The number of benzene rings is 1. The van der Waals surface area contributed by atoms with Gasteiger partial charge in [-0.1, -0.05) is 20.8 Å². The van der Waals surface area contributed by atoms with E-state index in [0.29, 0.717) is 0 Å². The zero-order chi connectivity index (χ0) is 12.3. The molecule has 0 saturated heterocycles. The van der Waals surface area contributed by atoms with Crippen LogP contribution in [0.2, 0.25) is 0 Å². The van der Waals surface area contributed by atoms with E-state index < -0.39 is 0 Å². The van der Waals surface area contributed by atoms with Gasteiger partial charge in [0.1, 0.15) is 5.75 Å². The molecule has 0 bridgehead atoms. The van der Waals surface area contributed by atoms with Gasteiger partial charge in [0, 0.05) is 18.1 Å². The fourth-order valence-corrected chi connectivity index (χ4v) is 1.65. The highest BCUT2D eigenvalue weighted by Gasteiger charge is 2.21. The Morgan fingerprint density at radius 3 is 2.38 bits per heavy atom. The molecule has 1 atom stereocenters. The molecular formula is C14H19NO. The van der Waals surface area contributed by atoms with Crippen molar-refractivity contribution in [3.63, 3.8) is 0 Å². The minimum Gasteiger partial charge on any atom is -0.496 e. The van der Waals surface area contributed by atoms with Gasteiger partial charge in [-0.2, -0.15) is 0 Å². The summed E-state index contributed by atoms with van der Waals surface area (Å²) in [5.41, 5.74) is 2.24. The summed E-state index contributed by atoms with van der Waals surface area (Å²) < 4.78 is 5.36. The fraction of sp³-hybridized carbons (Fsp3) is 0.500. The Morgan fingerprint density at radius 1 is 1.31 bits per heavy atom. The SMILES string of the molecule is [C-]#[N+]C(C)c1ccc(OC)c(C(C)(C)C)c1. The molecule has 1 rings (SSSR count). The van der Waals surface area contributed by atoms with Crippen LogP contribution in [0.25, 0.3) is 4.85 Å². The van der Waals surface area contributed by atoms with E-state index >= 15 is 0 Å². The van der Waals surface area contributed by atoms with Crippen molar-refractivity contribution in [1.82, 2.24) is 0 Å². The zero-order valence-electron chi connectivity index (χ0n) is 10.7. The second-order valence-corrected chi connectivity index (χ2v) is 5.01. The molecule has 2 heteroatoms. The first-order valence-corrected chi connectivity index (χ1v) is 5.45. The molecule has 0 radical (unpaired) electrons. The van der Waals surface area contributed by atoms with Gasteiger partial charge < -0.3 is 9.58 Å². The van der Waals surface area contributed by atoms with E-state index in [0.717, 1.165) is 16.9 Å². The van der Waals surface area contributed by atoms with E-state index in [1.54, 1.807) is 7.11 Å². The molecule has 0 aliphatic heterocycles. The molecule has 1 unspecified atom stereocenters. The number of rotatable bonds is 2. The molecule has 0 aliphatic carbocycles. The van der Waals surface area contributed by atoms with Crippen LogP contribution in [-0.2, 0) is 5.41 Å². The molecule has 16 heavy (non-hydrogen) atoms. The Hall–Kier alpha value is -1.49. The molecule has 0 fully saturated rings. The third-order valence-corrected chi connectivity index (χ3v) is 2.71. The van der Waals surface area contributed by atoms with Crippen molar-refractivity contribution in [3.8, 4) is 5.75 Å². The summed E-state index contributed by atoms with van der Waals surface area (Å²) in [6.45, 7) is 15.4. The van der Waals surface area contributed by atoms with E-state index in [-0.39, 0.29) is 11.5 Å². The standard InChI is InChI=1S/C14H19NO/c1-10(15-5)11-7-8-13(16-6)12(9-11)14(2,3)4/h7-10H,1-4,6H3. The van der Waals surface area contributed by atoms with Crippen LogP contribution in [0.1, 0.15) is 44.9 Å². The van der Waals surface area contributed by atoms with Gasteiger partial charge in [-0.05, 0) is 23.6 Å². The first kappa shape index (κ1) is 12.6. The fourth-order valence-electron chi connectivity index (χ4n) is 1.65. The van der Waals surface area contributed by atoms with Crippen LogP contribution in [0, 0.1) is 6.57 Å². The van der Waals surface area contributed by atoms with Gasteiger partial charge in [0.2, 0.25) is 6.04 Å². The lowest BCUT2D eigenvalue weighted by Gasteiger charge is -2.22. The van der Waals surface area contributed by atoms with Crippen LogP contribution in [0.15, 0.2) is 18.2 Å². The van der Waals surface area contributed by atoms with E-state index in [4.69, 9.17) is 11.3 Å². The minimum atomic E-state index is -0.0907. The summed E-state index contributed by atoms with van der Waals surface area (Å²) in [7, 11) is 1.68. The first-order chi connectivity index (χ1) is 7.40. The quantitative estimate of drug-likeness (QED) is 0.683. The van der Waals surface area contributed by atoms with Gasteiger partial charge in [0.05, 0.1) is 7.11 Å². The molecular weight excluding hydrogens is 198 g/mol. The third-order valence-electron chi connectivity index (χ3n) is 2.71. The number of hydrogen-bond donors (Lipinski definition) is 0. The van der Waals surface area contributed by atoms with Crippen LogP contribution in [-0.4, -0.2) is 7.11 Å². The predicted molar refractivity (Wildman–Crippen MR) is 66.7 cm³/mol. The summed E-state index contributed by atoms with van der Waals surface area (Å²) >= 11 is 0. The van der Waals surface area contributed by atoms with Gasteiger partial charge in [-0.25, -0.2) is 6.57 Å². The van der Waals surface area contributed by atoms with Crippen molar-refractivity contribution in [3.05, 3.63) is 40.7 Å². The molecule has 0 saturated carbocycles. The molecule has 0 aromatic heterocycles. The maximum absolute atomic E-state index is 7.06. The molecule has 1 aromatic rings. The van der Waals surface area contributed by atoms with Crippen molar-refractivity contribution in [2.45, 2.75) is 39.2 Å². The number of ether oxygens (including phenoxy) is 1. The van der Waals surface area contributed by atoms with Gasteiger partial charge in [-0.15, -0.1) is 0 Å².